The number of aliphatic imine (C=N–C) groups is 1. The molecule has 2 N–H and O–H groups in total. The van der Waals surface area contributed by atoms with Crippen LogP contribution in [0.2, 0.25) is 0 Å². The summed E-state index contributed by atoms with van der Waals surface area (Å²) in [7, 11) is 0. The van der Waals surface area contributed by atoms with Crippen LogP contribution in [-0.2, 0) is 0 Å². The zero-order valence-electron chi connectivity index (χ0n) is 12.8. The molecule has 0 amide bonds. The lowest BCUT2D eigenvalue weighted by atomic mass is 10.2. The van der Waals surface area contributed by atoms with Gasteiger partial charge in [-0.15, -0.1) is 0 Å². The number of hydrogen-bond donors (Lipinski definition) is 2. The Morgan fingerprint density at radius 3 is 2.58 bits per heavy atom. The van der Waals surface area contributed by atoms with Gasteiger partial charge in [-0.25, -0.2) is 19.3 Å². The van der Waals surface area contributed by atoms with Gasteiger partial charge in [0.1, 0.15) is 5.56 Å². The summed E-state index contributed by atoms with van der Waals surface area (Å²) in [5.41, 5.74) is -0.128. The summed E-state index contributed by atoms with van der Waals surface area (Å²) < 4.78 is 1.01. The van der Waals surface area contributed by atoms with Crippen LogP contribution in [0.25, 0.3) is 5.69 Å². The quantitative estimate of drug-likeness (QED) is 0.717. The van der Waals surface area contributed by atoms with E-state index in [9.17, 15) is 14.7 Å². The molecule has 0 saturated heterocycles. The molecule has 0 radical (unpaired) electrons. The van der Waals surface area contributed by atoms with Crippen molar-refractivity contribution in [3.8, 4) is 11.6 Å². The normalized spacial score (nSPS) is 11.0. The van der Waals surface area contributed by atoms with Crippen molar-refractivity contribution >= 4 is 12.0 Å². The number of rotatable bonds is 3. The van der Waals surface area contributed by atoms with Gasteiger partial charge >= 0.3 is 5.69 Å². The monoisotopic (exact) mass is 322 g/mol. The molecular weight excluding hydrogens is 308 g/mol. The summed E-state index contributed by atoms with van der Waals surface area (Å²) in [5, 5.41) is 10.4. The number of H-pyrrole nitrogens is 1. The van der Waals surface area contributed by atoms with Gasteiger partial charge in [0.15, 0.2) is 5.82 Å². The smallest absolute Gasteiger partial charge is 0.335 e. The van der Waals surface area contributed by atoms with Gasteiger partial charge in [0, 0.05) is 12.4 Å². The average Bonchev–Trinajstić information content (AvgIpc) is 2.57. The highest BCUT2D eigenvalue weighted by Gasteiger charge is 2.14. The van der Waals surface area contributed by atoms with Crippen molar-refractivity contribution in [2.75, 3.05) is 0 Å². The SMILES string of the molecule is Cc1ccc(-n2c(O)c(C=Nc3ccccn3)c(=O)[nH]c2=O)cc1. The van der Waals surface area contributed by atoms with E-state index in [1.54, 1.807) is 48.7 Å². The summed E-state index contributed by atoms with van der Waals surface area (Å²) in [6.45, 7) is 1.91. The lowest BCUT2D eigenvalue weighted by Crippen LogP contribution is -2.31. The van der Waals surface area contributed by atoms with Gasteiger partial charge in [-0.1, -0.05) is 23.8 Å². The Morgan fingerprint density at radius 2 is 1.92 bits per heavy atom. The predicted molar refractivity (Wildman–Crippen MR) is 90.6 cm³/mol. The van der Waals surface area contributed by atoms with Crippen LogP contribution >= 0.6 is 0 Å². The predicted octanol–water partition coefficient (Wildman–Crippen LogP) is 1.69. The van der Waals surface area contributed by atoms with Gasteiger partial charge in [0.05, 0.1) is 5.69 Å². The molecular formula is C17H14N4O3. The summed E-state index contributed by atoms with van der Waals surface area (Å²) in [4.78, 5) is 34.3. The maximum absolute atomic E-state index is 12.1. The minimum atomic E-state index is -0.726. The molecule has 0 spiro atoms. The minimum absolute atomic E-state index is 0.124. The molecule has 0 atom stereocenters. The zero-order chi connectivity index (χ0) is 17.1. The van der Waals surface area contributed by atoms with Crippen molar-refractivity contribution in [1.82, 2.24) is 14.5 Å². The van der Waals surface area contributed by atoms with Crippen LogP contribution in [0.15, 0.2) is 63.2 Å². The maximum atomic E-state index is 12.1. The fourth-order valence-corrected chi connectivity index (χ4v) is 2.15. The standard InChI is InChI=1S/C17H14N4O3/c1-11-5-7-12(8-6-11)21-16(23)13(15(22)20-17(21)24)10-19-14-4-2-3-9-18-14/h2-10,23H,1H3,(H,20,22,24). The molecule has 7 nitrogen and oxygen atoms in total. The van der Waals surface area contributed by atoms with E-state index in [1.165, 1.54) is 6.21 Å². The van der Waals surface area contributed by atoms with Crippen LogP contribution in [0.4, 0.5) is 5.82 Å². The number of aromatic nitrogens is 3. The van der Waals surface area contributed by atoms with E-state index in [0.717, 1.165) is 10.1 Å². The molecule has 0 aliphatic rings. The second kappa shape index (κ2) is 6.33. The number of pyridine rings is 1. The number of aryl methyl sites for hydroxylation is 1. The Hall–Kier alpha value is -3.48. The van der Waals surface area contributed by atoms with Gasteiger partial charge in [0.2, 0.25) is 5.88 Å². The molecule has 0 aliphatic heterocycles. The fraction of sp³-hybridized carbons (Fsp3) is 0.0588. The van der Waals surface area contributed by atoms with Gasteiger partial charge in [-0.3, -0.25) is 9.78 Å². The molecule has 3 aromatic rings. The minimum Gasteiger partial charge on any atom is -0.493 e. The van der Waals surface area contributed by atoms with E-state index in [4.69, 9.17) is 0 Å². The summed E-state index contributed by atoms with van der Waals surface area (Å²) >= 11 is 0. The Balaban J connectivity index is 2.13. The van der Waals surface area contributed by atoms with Crippen LogP contribution in [0.5, 0.6) is 5.88 Å². The average molecular weight is 322 g/mol. The molecule has 0 unspecified atom stereocenters. The Kier molecular flexibility index (Phi) is 4.07. The number of aromatic amines is 1. The van der Waals surface area contributed by atoms with Crippen molar-refractivity contribution in [3.63, 3.8) is 0 Å². The third kappa shape index (κ3) is 3.00. The molecule has 0 saturated carbocycles. The Bertz CT molecular complexity index is 1000. The number of aromatic hydroxyl groups is 1. The van der Waals surface area contributed by atoms with Gasteiger partial charge < -0.3 is 5.11 Å². The van der Waals surface area contributed by atoms with Gasteiger partial charge in [-0.2, -0.15) is 0 Å². The van der Waals surface area contributed by atoms with E-state index in [2.05, 4.69) is 15.0 Å². The first-order chi connectivity index (χ1) is 11.6. The van der Waals surface area contributed by atoms with Crippen molar-refractivity contribution < 1.29 is 5.11 Å². The van der Waals surface area contributed by atoms with Gasteiger partial charge in [-0.05, 0) is 31.2 Å². The largest absolute Gasteiger partial charge is 0.493 e. The molecule has 1 aromatic carbocycles. The van der Waals surface area contributed by atoms with E-state index < -0.39 is 17.1 Å². The molecule has 2 heterocycles. The Labute approximate surface area is 136 Å². The number of nitrogens with zero attached hydrogens (tertiary/aromatic N) is 3. The molecule has 0 aliphatic carbocycles. The van der Waals surface area contributed by atoms with Crippen molar-refractivity contribution in [2.45, 2.75) is 6.92 Å². The first-order valence-corrected chi connectivity index (χ1v) is 7.17. The highest BCUT2D eigenvalue weighted by molar-refractivity contribution is 5.83. The highest BCUT2D eigenvalue weighted by Crippen LogP contribution is 2.16. The number of hydrogen-bond acceptors (Lipinski definition) is 5. The first-order valence-electron chi connectivity index (χ1n) is 7.17. The maximum Gasteiger partial charge on any atom is 0.335 e. The molecule has 120 valence electrons. The van der Waals surface area contributed by atoms with Crippen LogP contribution < -0.4 is 11.2 Å². The van der Waals surface area contributed by atoms with E-state index in [0.29, 0.717) is 11.5 Å². The number of benzene rings is 1. The van der Waals surface area contributed by atoms with Gasteiger partial charge in [0.25, 0.3) is 5.56 Å². The van der Waals surface area contributed by atoms with E-state index in [-0.39, 0.29) is 5.56 Å². The van der Waals surface area contributed by atoms with Crippen LogP contribution in [0.1, 0.15) is 11.1 Å². The van der Waals surface area contributed by atoms with Crippen LogP contribution in [0, 0.1) is 6.92 Å². The second-order valence-corrected chi connectivity index (χ2v) is 5.11. The summed E-state index contributed by atoms with van der Waals surface area (Å²) in [6.07, 6.45) is 2.74. The molecule has 0 fully saturated rings. The molecule has 0 bridgehead atoms. The van der Waals surface area contributed by atoms with Crippen molar-refractivity contribution in [1.29, 1.82) is 0 Å². The number of nitrogens with one attached hydrogen (secondary N) is 1. The lowest BCUT2D eigenvalue weighted by Gasteiger charge is -2.09. The summed E-state index contributed by atoms with van der Waals surface area (Å²) in [5.74, 6) is -0.100. The van der Waals surface area contributed by atoms with Crippen LogP contribution in [-0.4, -0.2) is 25.9 Å². The highest BCUT2D eigenvalue weighted by atomic mass is 16.3. The zero-order valence-corrected chi connectivity index (χ0v) is 12.8. The topological polar surface area (TPSA) is 100 Å². The van der Waals surface area contributed by atoms with Crippen LogP contribution in [0.3, 0.4) is 0 Å². The van der Waals surface area contributed by atoms with Crippen molar-refractivity contribution in [2.24, 2.45) is 4.99 Å². The summed E-state index contributed by atoms with van der Waals surface area (Å²) in [6, 6.07) is 12.1. The van der Waals surface area contributed by atoms with Crippen molar-refractivity contribution in [3.05, 3.63) is 80.6 Å². The van der Waals surface area contributed by atoms with E-state index >= 15 is 0 Å². The van der Waals surface area contributed by atoms with E-state index in [1.807, 2.05) is 6.92 Å². The Morgan fingerprint density at radius 1 is 1.17 bits per heavy atom. The first kappa shape index (κ1) is 15.4. The molecule has 7 heteroatoms. The molecule has 2 aromatic heterocycles. The third-order valence-corrected chi connectivity index (χ3v) is 3.39. The second-order valence-electron chi connectivity index (χ2n) is 5.11. The third-order valence-electron chi connectivity index (χ3n) is 3.39. The fourth-order valence-electron chi connectivity index (χ4n) is 2.15. The molecule has 3 rings (SSSR count). The lowest BCUT2D eigenvalue weighted by molar-refractivity contribution is 0.430. The molecule has 24 heavy (non-hydrogen) atoms.